The molecule has 1 heterocycles. The van der Waals surface area contributed by atoms with Gasteiger partial charge in [0, 0.05) is 25.8 Å². The Kier molecular flexibility index (Phi) is 9.48. The van der Waals surface area contributed by atoms with E-state index in [4.69, 9.17) is 4.74 Å². The molecule has 0 unspecified atom stereocenters. The van der Waals surface area contributed by atoms with Gasteiger partial charge in [0.1, 0.15) is 0 Å². The molecule has 1 saturated heterocycles. The van der Waals surface area contributed by atoms with E-state index in [1.54, 1.807) is 0 Å². The van der Waals surface area contributed by atoms with E-state index >= 15 is 0 Å². The van der Waals surface area contributed by atoms with Crippen LogP contribution in [0.3, 0.4) is 0 Å². The number of piperidine rings is 1. The Morgan fingerprint density at radius 1 is 1.16 bits per heavy atom. The molecule has 0 atom stereocenters. The molecule has 1 aliphatic heterocycles. The Hall–Kier alpha value is -0.120. The summed E-state index contributed by atoms with van der Waals surface area (Å²) >= 11 is 0. The van der Waals surface area contributed by atoms with E-state index in [0.29, 0.717) is 6.04 Å². The molecule has 0 amide bonds. The third-order valence-electron chi connectivity index (χ3n) is 4.07. The first-order chi connectivity index (χ1) is 9.22. The molecule has 0 aromatic carbocycles. The molecule has 1 rings (SSSR count). The first-order valence-corrected chi connectivity index (χ1v) is 8.25. The third kappa shape index (κ3) is 8.61. The van der Waals surface area contributed by atoms with Gasteiger partial charge in [0.05, 0.1) is 0 Å². The van der Waals surface area contributed by atoms with Crippen molar-refractivity contribution < 1.29 is 4.74 Å². The van der Waals surface area contributed by atoms with Gasteiger partial charge in [-0.25, -0.2) is 0 Å². The minimum Gasteiger partial charge on any atom is -0.381 e. The maximum atomic E-state index is 5.68. The van der Waals surface area contributed by atoms with E-state index in [1.807, 2.05) is 0 Å². The van der Waals surface area contributed by atoms with Gasteiger partial charge in [0.2, 0.25) is 0 Å². The number of ether oxygens (including phenoxy) is 1. The number of nitrogens with one attached hydrogen (secondary N) is 1. The normalized spacial score (nSPS) is 18.3. The molecule has 0 saturated carbocycles. The van der Waals surface area contributed by atoms with Gasteiger partial charge in [-0.15, -0.1) is 0 Å². The average molecular weight is 270 g/mol. The van der Waals surface area contributed by atoms with Crippen LogP contribution in [0.5, 0.6) is 0 Å². The van der Waals surface area contributed by atoms with Gasteiger partial charge in [0.25, 0.3) is 0 Å². The molecule has 0 radical (unpaired) electrons. The molecule has 1 fully saturated rings. The van der Waals surface area contributed by atoms with E-state index in [0.717, 1.165) is 32.1 Å². The van der Waals surface area contributed by atoms with Crippen LogP contribution < -0.4 is 5.32 Å². The van der Waals surface area contributed by atoms with Crippen LogP contribution in [0.1, 0.15) is 52.9 Å². The second-order valence-electron chi connectivity index (χ2n) is 6.12. The molecule has 0 aliphatic carbocycles. The molecule has 0 spiro atoms. The zero-order valence-electron chi connectivity index (χ0n) is 13.3. The van der Waals surface area contributed by atoms with E-state index in [2.05, 4.69) is 31.0 Å². The van der Waals surface area contributed by atoms with E-state index < -0.39 is 0 Å². The number of hydrogen-bond acceptors (Lipinski definition) is 3. The molecule has 1 N–H and O–H groups in total. The highest BCUT2D eigenvalue weighted by Crippen LogP contribution is 2.19. The molecular formula is C16H34N2O. The van der Waals surface area contributed by atoms with Gasteiger partial charge in [-0.1, -0.05) is 27.2 Å². The maximum Gasteiger partial charge on any atom is 0.0478 e. The predicted octanol–water partition coefficient (Wildman–Crippen LogP) is 2.90. The maximum absolute atomic E-state index is 5.68. The molecule has 114 valence electrons. The van der Waals surface area contributed by atoms with Crippen LogP contribution in [-0.2, 0) is 4.74 Å². The topological polar surface area (TPSA) is 24.5 Å². The molecule has 1 aliphatic rings. The van der Waals surface area contributed by atoms with E-state index in [9.17, 15) is 0 Å². The van der Waals surface area contributed by atoms with Crippen LogP contribution >= 0.6 is 0 Å². The summed E-state index contributed by atoms with van der Waals surface area (Å²) in [5.74, 6) is 0.987. The predicted molar refractivity (Wildman–Crippen MR) is 82.6 cm³/mol. The monoisotopic (exact) mass is 270 g/mol. The first kappa shape index (κ1) is 16.9. The van der Waals surface area contributed by atoms with Crippen molar-refractivity contribution in [2.45, 2.75) is 58.9 Å². The Labute approximate surface area is 120 Å². The van der Waals surface area contributed by atoms with Crippen LogP contribution in [0.2, 0.25) is 0 Å². The smallest absolute Gasteiger partial charge is 0.0478 e. The molecular weight excluding hydrogens is 236 g/mol. The van der Waals surface area contributed by atoms with Crippen molar-refractivity contribution in [3.8, 4) is 0 Å². The van der Waals surface area contributed by atoms with Crippen molar-refractivity contribution in [2.24, 2.45) is 5.92 Å². The summed E-state index contributed by atoms with van der Waals surface area (Å²) < 4.78 is 5.68. The Balaban J connectivity index is 1.83. The van der Waals surface area contributed by atoms with Crippen LogP contribution in [0, 0.1) is 5.92 Å². The summed E-state index contributed by atoms with van der Waals surface area (Å²) in [5, 5.41) is 3.41. The molecule has 3 heteroatoms. The zero-order valence-corrected chi connectivity index (χ0v) is 13.3. The lowest BCUT2D eigenvalue weighted by Crippen LogP contribution is -2.34. The second-order valence-corrected chi connectivity index (χ2v) is 6.12. The van der Waals surface area contributed by atoms with E-state index in [-0.39, 0.29) is 0 Å². The molecule has 0 aromatic heterocycles. The number of rotatable bonds is 10. The summed E-state index contributed by atoms with van der Waals surface area (Å²) in [5.41, 5.74) is 0. The third-order valence-corrected chi connectivity index (χ3v) is 4.07. The minimum atomic E-state index is 0.589. The highest BCUT2D eigenvalue weighted by atomic mass is 16.5. The van der Waals surface area contributed by atoms with Crippen LogP contribution in [0.4, 0.5) is 0 Å². The molecule has 19 heavy (non-hydrogen) atoms. The Morgan fingerprint density at radius 2 is 1.84 bits per heavy atom. The van der Waals surface area contributed by atoms with Gasteiger partial charge in [-0.2, -0.15) is 0 Å². The van der Waals surface area contributed by atoms with Crippen molar-refractivity contribution >= 4 is 0 Å². The van der Waals surface area contributed by atoms with Crippen LogP contribution in [0.15, 0.2) is 0 Å². The van der Waals surface area contributed by atoms with Crippen molar-refractivity contribution in [1.29, 1.82) is 0 Å². The average Bonchev–Trinajstić information content (AvgIpc) is 2.42. The zero-order chi connectivity index (χ0) is 13.9. The largest absolute Gasteiger partial charge is 0.381 e. The summed E-state index contributed by atoms with van der Waals surface area (Å²) in [4.78, 5) is 2.61. The first-order valence-electron chi connectivity index (χ1n) is 8.25. The lowest BCUT2D eigenvalue weighted by Gasteiger charge is -2.31. The van der Waals surface area contributed by atoms with Gasteiger partial charge >= 0.3 is 0 Å². The van der Waals surface area contributed by atoms with Crippen LogP contribution in [-0.4, -0.2) is 50.3 Å². The number of nitrogens with zero attached hydrogens (tertiary/aromatic N) is 1. The van der Waals surface area contributed by atoms with Crippen molar-refractivity contribution in [3.63, 3.8) is 0 Å². The fourth-order valence-electron chi connectivity index (χ4n) is 2.68. The fraction of sp³-hybridized carbons (Fsp3) is 1.00. The van der Waals surface area contributed by atoms with E-state index in [1.165, 1.54) is 45.3 Å². The van der Waals surface area contributed by atoms with Crippen molar-refractivity contribution in [1.82, 2.24) is 10.2 Å². The number of likely N-dealkylation sites (tertiary alicyclic amines) is 1. The SMILES string of the molecule is CCC1CCN(CCCOCCCNC(C)C)CC1. The Bertz CT molecular complexity index is 201. The quantitative estimate of drug-likeness (QED) is 0.618. The Morgan fingerprint density at radius 3 is 2.47 bits per heavy atom. The molecule has 3 nitrogen and oxygen atoms in total. The molecule has 0 bridgehead atoms. The second kappa shape index (κ2) is 10.6. The van der Waals surface area contributed by atoms with Crippen LogP contribution in [0.25, 0.3) is 0 Å². The fourth-order valence-corrected chi connectivity index (χ4v) is 2.68. The van der Waals surface area contributed by atoms with Gasteiger partial charge in [-0.05, 0) is 51.2 Å². The minimum absolute atomic E-state index is 0.589. The highest BCUT2D eigenvalue weighted by molar-refractivity contribution is 4.71. The van der Waals surface area contributed by atoms with Crippen molar-refractivity contribution in [3.05, 3.63) is 0 Å². The standard InChI is InChI=1S/C16H34N2O/c1-4-16-7-11-18(12-8-16)10-6-14-19-13-5-9-17-15(2)3/h15-17H,4-14H2,1-3H3. The molecule has 0 aromatic rings. The summed E-state index contributed by atoms with van der Waals surface area (Å²) in [6.45, 7) is 13.4. The highest BCUT2D eigenvalue weighted by Gasteiger charge is 2.16. The number of hydrogen-bond donors (Lipinski definition) is 1. The summed E-state index contributed by atoms with van der Waals surface area (Å²) in [6, 6.07) is 0.589. The summed E-state index contributed by atoms with van der Waals surface area (Å²) in [7, 11) is 0. The summed E-state index contributed by atoms with van der Waals surface area (Å²) in [6.07, 6.45) is 6.48. The van der Waals surface area contributed by atoms with Gasteiger partial charge in [-0.3, -0.25) is 0 Å². The van der Waals surface area contributed by atoms with Gasteiger partial charge in [0.15, 0.2) is 0 Å². The van der Waals surface area contributed by atoms with Crippen molar-refractivity contribution in [2.75, 3.05) is 39.4 Å². The lowest BCUT2D eigenvalue weighted by molar-refractivity contribution is 0.109. The van der Waals surface area contributed by atoms with Gasteiger partial charge < -0.3 is 15.0 Å². The lowest BCUT2D eigenvalue weighted by atomic mass is 9.94.